The second kappa shape index (κ2) is 11.7. The smallest absolute Gasteiger partial charge is 0.164 e. The van der Waals surface area contributed by atoms with Crippen molar-refractivity contribution < 1.29 is 4.42 Å². The highest BCUT2D eigenvalue weighted by Gasteiger charge is 2.35. The van der Waals surface area contributed by atoms with Crippen LogP contribution in [0.25, 0.3) is 89.5 Å². The van der Waals surface area contributed by atoms with E-state index in [4.69, 9.17) is 19.4 Å². The van der Waals surface area contributed by atoms with Crippen molar-refractivity contribution in [2.24, 2.45) is 0 Å². The van der Waals surface area contributed by atoms with Crippen LogP contribution < -0.4 is 0 Å². The number of hydrogen-bond donors (Lipinski definition) is 0. The van der Waals surface area contributed by atoms with E-state index in [9.17, 15) is 0 Å². The van der Waals surface area contributed by atoms with Gasteiger partial charge >= 0.3 is 0 Å². The molecule has 0 bridgehead atoms. The fourth-order valence-corrected chi connectivity index (χ4v) is 7.90. The summed E-state index contributed by atoms with van der Waals surface area (Å²) in [5, 5.41) is 2.13. The fourth-order valence-electron chi connectivity index (χ4n) is 7.90. The van der Waals surface area contributed by atoms with E-state index >= 15 is 0 Å². The van der Waals surface area contributed by atoms with Crippen molar-refractivity contribution in [3.05, 3.63) is 175 Å². The first-order chi connectivity index (χ1) is 25.5. The minimum atomic E-state index is -0.0601. The maximum absolute atomic E-state index is 6.68. The number of nitrogens with zero attached hydrogens (tertiary/aromatic N) is 3. The molecule has 4 nitrogen and oxygen atoms in total. The topological polar surface area (TPSA) is 51.8 Å². The second-order valence-corrected chi connectivity index (χ2v) is 14.0. The van der Waals surface area contributed by atoms with Crippen molar-refractivity contribution in [3.63, 3.8) is 0 Å². The highest BCUT2D eigenvalue weighted by Crippen LogP contribution is 2.50. The Morgan fingerprint density at radius 3 is 1.69 bits per heavy atom. The van der Waals surface area contributed by atoms with E-state index in [-0.39, 0.29) is 5.41 Å². The minimum Gasteiger partial charge on any atom is -0.455 e. The predicted octanol–water partition coefficient (Wildman–Crippen LogP) is 12.4. The van der Waals surface area contributed by atoms with Gasteiger partial charge in [-0.1, -0.05) is 153 Å². The summed E-state index contributed by atoms with van der Waals surface area (Å²) in [7, 11) is 0. The van der Waals surface area contributed by atoms with Crippen LogP contribution in [-0.4, -0.2) is 15.0 Å². The summed E-state index contributed by atoms with van der Waals surface area (Å²) in [4.78, 5) is 15.2. The zero-order valence-electron chi connectivity index (χ0n) is 28.8. The van der Waals surface area contributed by atoms with E-state index in [1.165, 1.54) is 27.8 Å². The normalized spacial score (nSPS) is 13.0. The summed E-state index contributed by atoms with van der Waals surface area (Å²) in [5.74, 6) is 1.84. The number of rotatable bonds is 5. The summed E-state index contributed by atoms with van der Waals surface area (Å²) >= 11 is 0. The van der Waals surface area contributed by atoms with E-state index in [2.05, 4.69) is 105 Å². The van der Waals surface area contributed by atoms with E-state index in [0.717, 1.165) is 55.3 Å². The lowest BCUT2D eigenvalue weighted by Crippen LogP contribution is -2.14. The van der Waals surface area contributed by atoms with Crippen LogP contribution in [0.4, 0.5) is 0 Å². The molecule has 0 saturated heterocycles. The molecule has 2 heterocycles. The average molecular weight is 668 g/mol. The van der Waals surface area contributed by atoms with Gasteiger partial charge in [-0.05, 0) is 63.2 Å². The lowest BCUT2D eigenvalue weighted by molar-refractivity contribution is 0.660. The van der Waals surface area contributed by atoms with E-state index in [0.29, 0.717) is 17.5 Å². The maximum Gasteiger partial charge on any atom is 0.164 e. The molecular formula is C48H33N3O. The molecule has 0 atom stereocenters. The van der Waals surface area contributed by atoms with Gasteiger partial charge in [-0.25, -0.2) is 15.0 Å². The van der Waals surface area contributed by atoms with Crippen LogP contribution in [0.1, 0.15) is 25.0 Å². The Hall–Kier alpha value is -6.65. The number of furan rings is 1. The molecule has 1 aliphatic rings. The molecule has 10 rings (SSSR count). The molecule has 9 aromatic rings. The quantitative estimate of drug-likeness (QED) is 0.183. The van der Waals surface area contributed by atoms with Crippen LogP contribution in [0.15, 0.2) is 168 Å². The maximum atomic E-state index is 6.68. The number of benzene rings is 7. The molecule has 4 heteroatoms. The van der Waals surface area contributed by atoms with Gasteiger partial charge < -0.3 is 4.42 Å². The van der Waals surface area contributed by atoms with Crippen molar-refractivity contribution in [1.29, 1.82) is 0 Å². The Morgan fingerprint density at radius 1 is 0.404 bits per heavy atom. The van der Waals surface area contributed by atoms with Crippen molar-refractivity contribution in [2.45, 2.75) is 19.3 Å². The summed E-state index contributed by atoms with van der Waals surface area (Å²) in [6, 6.07) is 57.2. The third kappa shape index (κ3) is 4.79. The average Bonchev–Trinajstić information content (AvgIpc) is 3.70. The van der Waals surface area contributed by atoms with Crippen molar-refractivity contribution >= 4 is 21.9 Å². The van der Waals surface area contributed by atoms with Crippen LogP contribution in [-0.2, 0) is 5.41 Å². The second-order valence-electron chi connectivity index (χ2n) is 14.0. The van der Waals surface area contributed by atoms with Crippen LogP contribution >= 0.6 is 0 Å². The first kappa shape index (κ1) is 30.2. The van der Waals surface area contributed by atoms with Crippen LogP contribution in [0.2, 0.25) is 0 Å². The third-order valence-electron chi connectivity index (χ3n) is 10.6. The standard InChI is InChI=1S/C48H33N3O/c1-48(2)40-19-11-9-17-35(40)36-26-25-34(29-41(36)48)30-21-23-31(24-22-30)43-39(28-27-38-37-18-10-12-20-42(37)52-44(38)43)47-50-45(32-13-5-3-6-14-32)49-46(51-47)33-15-7-4-8-16-33/h3-29H,1-2H3. The van der Waals surface area contributed by atoms with Gasteiger partial charge in [0.1, 0.15) is 11.2 Å². The molecule has 0 saturated carbocycles. The van der Waals surface area contributed by atoms with Gasteiger partial charge in [0, 0.05) is 38.4 Å². The monoisotopic (exact) mass is 667 g/mol. The molecular weight excluding hydrogens is 635 g/mol. The molecule has 0 radical (unpaired) electrons. The van der Waals surface area contributed by atoms with E-state index < -0.39 is 0 Å². The SMILES string of the molecule is CC1(C)c2ccccc2-c2ccc(-c3ccc(-c4c(-c5nc(-c6ccccc6)nc(-c6ccccc6)n5)ccc5c4oc4ccccc45)cc3)cc21. The molecule has 1 aliphatic carbocycles. The summed E-state index contributed by atoms with van der Waals surface area (Å²) in [6.45, 7) is 4.65. The number of fused-ring (bicyclic) bond motifs is 6. The van der Waals surface area contributed by atoms with Crippen LogP contribution in [0.5, 0.6) is 0 Å². The van der Waals surface area contributed by atoms with Gasteiger partial charge in [0.15, 0.2) is 17.5 Å². The molecule has 7 aromatic carbocycles. The molecule has 0 unspecified atom stereocenters. The fraction of sp³-hybridized carbons (Fsp3) is 0.0625. The molecule has 52 heavy (non-hydrogen) atoms. The zero-order valence-corrected chi connectivity index (χ0v) is 28.8. The third-order valence-corrected chi connectivity index (χ3v) is 10.6. The zero-order chi connectivity index (χ0) is 34.8. The van der Waals surface area contributed by atoms with Crippen molar-refractivity contribution in [1.82, 2.24) is 15.0 Å². The highest BCUT2D eigenvalue weighted by atomic mass is 16.3. The van der Waals surface area contributed by atoms with Gasteiger partial charge in [-0.15, -0.1) is 0 Å². The molecule has 0 aliphatic heterocycles. The largest absolute Gasteiger partial charge is 0.455 e. The first-order valence-corrected chi connectivity index (χ1v) is 17.7. The number of para-hydroxylation sites is 1. The molecule has 0 fully saturated rings. The van der Waals surface area contributed by atoms with Gasteiger partial charge in [0.2, 0.25) is 0 Å². The Labute approximate surface area is 302 Å². The predicted molar refractivity (Wildman–Crippen MR) is 212 cm³/mol. The van der Waals surface area contributed by atoms with Crippen LogP contribution in [0, 0.1) is 0 Å². The molecule has 0 amide bonds. The lowest BCUT2D eigenvalue weighted by Gasteiger charge is -2.22. The van der Waals surface area contributed by atoms with E-state index in [1.54, 1.807) is 0 Å². The molecule has 2 aromatic heterocycles. The van der Waals surface area contributed by atoms with Gasteiger partial charge in [-0.2, -0.15) is 0 Å². The Morgan fingerprint density at radius 2 is 0.962 bits per heavy atom. The minimum absolute atomic E-state index is 0.0601. The molecule has 246 valence electrons. The Kier molecular flexibility index (Phi) is 6.80. The summed E-state index contributed by atoms with van der Waals surface area (Å²) < 4.78 is 6.68. The van der Waals surface area contributed by atoms with Gasteiger partial charge in [0.05, 0.1) is 0 Å². The summed E-state index contributed by atoms with van der Waals surface area (Å²) in [6.07, 6.45) is 0. The van der Waals surface area contributed by atoms with Gasteiger partial charge in [-0.3, -0.25) is 0 Å². The van der Waals surface area contributed by atoms with Crippen molar-refractivity contribution in [3.8, 4) is 67.5 Å². The summed E-state index contributed by atoms with van der Waals surface area (Å²) in [5.41, 5.74) is 14.1. The lowest BCUT2D eigenvalue weighted by atomic mass is 9.81. The van der Waals surface area contributed by atoms with Crippen molar-refractivity contribution in [2.75, 3.05) is 0 Å². The number of aromatic nitrogens is 3. The van der Waals surface area contributed by atoms with Gasteiger partial charge in [0.25, 0.3) is 0 Å². The Bertz CT molecular complexity index is 2740. The first-order valence-electron chi connectivity index (χ1n) is 17.7. The Balaban J connectivity index is 1.15. The number of hydrogen-bond acceptors (Lipinski definition) is 4. The van der Waals surface area contributed by atoms with E-state index in [1.807, 2.05) is 72.8 Å². The van der Waals surface area contributed by atoms with Crippen LogP contribution in [0.3, 0.4) is 0 Å². The highest BCUT2D eigenvalue weighted by molar-refractivity contribution is 6.12. The molecule has 0 N–H and O–H groups in total. The molecule has 0 spiro atoms.